The largest absolute Gasteiger partial charge is 0.310 e. The van der Waals surface area contributed by atoms with E-state index < -0.39 is 5.41 Å². The Morgan fingerprint density at radius 1 is 0.300 bits per heavy atom. The SMILES string of the molecule is c1ccc(N(c2ccccc2)c2ccc3c(c2)-c2ccccc2C2=C(C3)C(c3ccccc3)(c3ccccc3)c3cc(N(c4ccccc4)c4ccccc4)ccc32)cc1. The summed E-state index contributed by atoms with van der Waals surface area (Å²) >= 11 is 0. The molecule has 2 aliphatic rings. The van der Waals surface area contributed by atoms with E-state index in [4.69, 9.17) is 0 Å². The number of hydrogen-bond donors (Lipinski definition) is 0. The standard InChI is InChI=1S/C58H42N2/c1-7-21-43(22-8-1)58(44-23-9-2-10-24-44)55-41-50(60(47-29-15-5-16-30-47)48-31-17-6-18-32-48)37-38-53(55)57-52-34-20-19-33-51(52)54-40-49(36-35-42(54)39-56(57)58)59(45-25-11-3-12-26-45)46-27-13-4-14-28-46/h1-38,40-41H,39H2. The molecule has 0 saturated carbocycles. The molecule has 0 atom stereocenters. The summed E-state index contributed by atoms with van der Waals surface area (Å²) in [6.45, 7) is 0. The van der Waals surface area contributed by atoms with Gasteiger partial charge in [-0.1, -0.05) is 170 Å². The number of nitrogens with zero attached hydrogens (tertiary/aromatic N) is 2. The first-order valence-electron chi connectivity index (χ1n) is 20.8. The van der Waals surface area contributed by atoms with E-state index in [9.17, 15) is 0 Å². The predicted molar refractivity (Wildman–Crippen MR) is 250 cm³/mol. The van der Waals surface area contributed by atoms with Gasteiger partial charge in [-0.15, -0.1) is 0 Å². The van der Waals surface area contributed by atoms with Crippen molar-refractivity contribution in [1.82, 2.24) is 0 Å². The van der Waals surface area contributed by atoms with Crippen molar-refractivity contribution in [2.45, 2.75) is 11.8 Å². The summed E-state index contributed by atoms with van der Waals surface area (Å²) in [4.78, 5) is 4.76. The van der Waals surface area contributed by atoms with Gasteiger partial charge in [0, 0.05) is 34.1 Å². The lowest BCUT2D eigenvalue weighted by Gasteiger charge is -2.37. The molecule has 0 amide bonds. The molecule has 2 aliphatic carbocycles. The fourth-order valence-corrected chi connectivity index (χ4v) is 9.88. The van der Waals surface area contributed by atoms with E-state index in [1.165, 1.54) is 55.7 Å². The van der Waals surface area contributed by atoms with Gasteiger partial charge in [0.15, 0.2) is 0 Å². The van der Waals surface area contributed by atoms with Crippen molar-refractivity contribution in [2.75, 3.05) is 9.80 Å². The van der Waals surface area contributed by atoms with Crippen molar-refractivity contribution in [3.05, 3.63) is 282 Å². The Labute approximate surface area is 352 Å². The van der Waals surface area contributed by atoms with Crippen LogP contribution in [0.2, 0.25) is 0 Å². The molecule has 0 saturated heterocycles. The van der Waals surface area contributed by atoms with E-state index >= 15 is 0 Å². The fourth-order valence-electron chi connectivity index (χ4n) is 9.88. The molecule has 11 rings (SSSR count). The first-order valence-corrected chi connectivity index (χ1v) is 20.8. The van der Waals surface area contributed by atoms with Gasteiger partial charge in [-0.2, -0.15) is 0 Å². The average molecular weight is 767 g/mol. The molecule has 0 aliphatic heterocycles. The van der Waals surface area contributed by atoms with Crippen LogP contribution in [-0.4, -0.2) is 0 Å². The van der Waals surface area contributed by atoms with E-state index in [1.807, 2.05) is 0 Å². The lowest BCUT2D eigenvalue weighted by Crippen LogP contribution is -2.31. The number of anilines is 6. The molecule has 0 heterocycles. The van der Waals surface area contributed by atoms with Crippen LogP contribution in [0.1, 0.15) is 33.4 Å². The van der Waals surface area contributed by atoms with Gasteiger partial charge in [0.1, 0.15) is 0 Å². The number of hydrogen-bond acceptors (Lipinski definition) is 2. The van der Waals surface area contributed by atoms with Crippen LogP contribution in [0.15, 0.2) is 248 Å². The third-order valence-corrected chi connectivity index (χ3v) is 12.4. The second-order valence-corrected chi connectivity index (χ2v) is 15.6. The summed E-state index contributed by atoms with van der Waals surface area (Å²) < 4.78 is 0. The lowest BCUT2D eigenvalue weighted by molar-refractivity contribution is 0.720. The number of benzene rings is 9. The Morgan fingerprint density at radius 3 is 1.18 bits per heavy atom. The summed E-state index contributed by atoms with van der Waals surface area (Å²) in [7, 11) is 0. The molecule has 2 nitrogen and oxygen atoms in total. The molecule has 0 N–H and O–H groups in total. The van der Waals surface area contributed by atoms with Crippen LogP contribution >= 0.6 is 0 Å². The highest BCUT2D eigenvalue weighted by Gasteiger charge is 2.49. The van der Waals surface area contributed by atoms with Gasteiger partial charge < -0.3 is 9.80 Å². The van der Waals surface area contributed by atoms with E-state index in [0.717, 1.165) is 40.5 Å². The van der Waals surface area contributed by atoms with Gasteiger partial charge in [0.25, 0.3) is 0 Å². The zero-order valence-electron chi connectivity index (χ0n) is 33.2. The third kappa shape index (κ3) is 5.80. The zero-order valence-corrected chi connectivity index (χ0v) is 33.2. The van der Waals surface area contributed by atoms with E-state index in [2.05, 4.69) is 252 Å². The summed E-state index contributed by atoms with van der Waals surface area (Å²) in [5.41, 5.74) is 19.1. The molecule has 0 radical (unpaired) electrons. The van der Waals surface area contributed by atoms with Crippen molar-refractivity contribution < 1.29 is 0 Å². The molecule has 9 aromatic carbocycles. The zero-order chi connectivity index (χ0) is 39.9. The molecular weight excluding hydrogens is 725 g/mol. The Kier molecular flexibility index (Phi) is 8.82. The van der Waals surface area contributed by atoms with Gasteiger partial charge in [0.05, 0.1) is 5.41 Å². The predicted octanol–water partition coefficient (Wildman–Crippen LogP) is 15.0. The molecule has 0 spiro atoms. The van der Waals surface area contributed by atoms with Gasteiger partial charge in [0.2, 0.25) is 0 Å². The third-order valence-electron chi connectivity index (χ3n) is 12.4. The number of fused-ring (bicyclic) bond motifs is 6. The Balaban J connectivity index is 1.18. The second-order valence-electron chi connectivity index (χ2n) is 15.6. The van der Waals surface area contributed by atoms with Crippen LogP contribution in [0.25, 0.3) is 16.7 Å². The van der Waals surface area contributed by atoms with Crippen LogP contribution in [-0.2, 0) is 11.8 Å². The fraction of sp³-hybridized carbons (Fsp3) is 0.0345. The minimum absolute atomic E-state index is 0.574. The van der Waals surface area contributed by atoms with Gasteiger partial charge in [-0.25, -0.2) is 0 Å². The Bertz CT molecular complexity index is 2860. The van der Waals surface area contributed by atoms with Crippen molar-refractivity contribution in [2.24, 2.45) is 0 Å². The minimum Gasteiger partial charge on any atom is -0.310 e. The van der Waals surface area contributed by atoms with Crippen LogP contribution in [0.4, 0.5) is 34.1 Å². The first kappa shape index (κ1) is 35.5. The Hall–Kier alpha value is -7.68. The van der Waals surface area contributed by atoms with Crippen molar-refractivity contribution >= 4 is 39.7 Å². The lowest BCUT2D eigenvalue weighted by atomic mass is 9.65. The highest BCUT2D eigenvalue weighted by molar-refractivity contribution is 6.01. The van der Waals surface area contributed by atoms with Crippen LogP contribution in [0.5, 0.6) is 0 Å². The van der Waals surface area contributed by atoms with E-state index in [0.29, 0.717) is 0 Å². The maximum atomic E-state index is 2.48. The number of rotatable bonds is 8. The summed E-state index contributed by atoms with van der Waals surface area (Å²) in [5.74, 6) is 0. The van der Waals surface area contributed by atoms with Crippen LogP contribution < -0.4 is 9.80 Å². The first-order chi connectivity index (χ1) is 29.8. The normalized spacial score (nSPS) is 13.3. The molecular formula is C58H42N2. The molecule has 0 aromatic heterocycles. The molecule has 0 bridgehead atoms. The number of allylic oxidation sites excluding steroid dienone is 1. The molecule has 0 fully saturated rings. The van der Waals surface area contributed by atoms with Crippen LogP contribution in [0.3, 0.4) is 0 Å². The van der Waals surface area contributed by atoms with Gasteiger partial charge in [-0.3, -0.25) is 0 Å². The van der Waals surface area contributed by atoms with Crippen molar-refractivity contribution in [1.29, 1.82) is 0 Å². The highest BCUT2D eigenvalue weighted by atomic mass is 15.1. The number of para-hydroxylation sites is 4. The van der Waals surface area contributed by atoms with Gasteiger partial charge in [-0.05, 0) is 135 Å². The summed E-state index contributed by atoms with van der Waals surface area (Å²) in [6, 6.07) is 88.8. The van der Waals surface area contributed by atoms with Crippen molar-refractivity contribution in [3.63, 3.8) is 0 Å². The Morgan fingerprint density at radius 2 is 0.700 bits per heavy atom. The highest BCUT2D eigenvalue weighted by Crippen LogP contribution is 2.60. The maximum absolute atomic E-state index is 2.48. The summed E-state index contributed by atoms with van der Waals surface area (Å²) in [6.07, 6.45) is 0.783. The topological polar surface area (TPSA) is 6.48 Å². The average Bonchev–Trinajstić information content (AvgIpc) is 3.52. The quantitative estimate of drug-likeness (QED) is 0.152. The van der Waals surface area contributed by atoms with E-state index in [1.54, 1.807) is 0 Å². The molecule has 284 valence electrons. The smallest absolute Gasteiger partial charge is 0.0680 e. The van der Waals surface area contributed by atoms with E-state index in [-0.39, 0.29) is 0 Å². The molecule has 9 aromatic rings. The molecule has 0 unspecified atom stereocenters. The van der Waals surface area contributed by atoms with Crippen LogP contribution in [0, 0.1) is 0 Å². The second kappa shape index (κ2) is 14.9. The summed E-state index contributed by atoms with van der Waals surface area (Å²) in [5, 5.41) is 0. The van der Waals surface area contributed by atoms with Crippen molar-refractivity contribution in [3.8, 4) is 11.1 Å². The minimum atomic E-state index is -0.574. The maximum Gasteiger partial charge on any atom is 0.0680 e. The molecule has 2 heteroatoms. The van der Waals surface area contributed by atoms with Gasteiger partial charge >= 0.3 is 0 Å². The molecule has 60 heavy (non-hydrogen) atoms. The monoisotopic (exact) mass is 766 g/mol.